The number of hydrogen-bond acceptors (Lipinski definition) is 6. The molecule has 0 unspecified atom stereocenters. The van der Waals surface area contributed by atoms with E-state index in [2.05, 4.69) is 4.98 Å². The van der Waals surface area contributed by atoms with E-state index in [1.165, 1.54) is 23.5 Å². The van der Waals surface area contributed by atoms with Crippen molar-refractivity contribution in [2.24, 2.45) is 0 Å². The molecule has 4 aromatic rings. The Balaban J connectivity index is 1.52. The molecule has 0 saturated carbocycles. The number of methoxy groups -OCH3 is 1. The van der Waals surface area contributed by atoms with Crippen LogP contribution in [-0.4, -0.2) is 42.8 Å². The van der Waals surface area contributed by atoms with Gasteiger partial charge in [0.15, 0.2) is 0 Å². The van der Waals surface area contributed by atoms with Gasteiger partial charge >= 0.3 is 5.97 Å². The standard InChI is InChI=1S/C25H24N2O5S/c1-4-32-25(29)22-12-18-11-17(7-10-21(18)26-22)19-13-23(33-15-19)24(28)27(31-3)14-16-5-8-20(30-2)9-6-16/h5-13,15,26H,4,14H2,1-3H3. The average Bonchev–Trinajstić information content (AvgIpc) is 3.50. The molecular formula is C25H24N2O5S. The van der Waals surface area contributed by atoms with Crippen LogP contribution in [0.5, 0.6) is 5.75 Å². The minimum absolute atomic E-state index is 0.211. The van der Waals surface area contributed by atoms with Crippen molar-refractivity contribution in [2.45, 2.75) is 13.5 Å². The zero-order valence-corrected chi connectivity index (χ0v) is 19.4. The molecule has 1 N–H and O–H groups in total. The molecule has 0 bridgehead atoms. The van der Waals surface area contributed by atoms with E-state index in [9.17, 15) is 9.59 Å². The van der Waals surface area contributed by atoms with Gasteiger partial charge in [0.25, 0.3) is 5.91 Å². The van der Waals surface area contributed by atoms with Crippen LogP contribution in [0.25, 0.3) is 22.0 Å². The van der Waals surface area contributed by atoms with Gasteiger partial charge in [-0.3, -0.25) is 9.63 Å². The smallest absolute Gasteiger partial charge is 0.354 e. The van der Waals surface area contributed by atoms with Crippen molar-refractivity contribution >= 4 is 34.1 Å². The summed E-state index contributed by atoms with van der Waals surface area (Å²) in [7, 11) is 3.10. The number of ether oxygens (including phenoxy) is 2. The van der Waals surface area contributed by atoms with E-state index in [1.807, 2.05) is 53.9 Å². The third-order valence-corrected chi connectivity index (χ3v) is 6.11. The minimum atomic E-state index is -0.379. The average molecular weight is 465 g/mol. The molecule has 7 nitrogen and oxygen atoms in total. The molecule has 0 fully saturated rings. The van der Waals surface area contributed by atoms with E-state index < -0.39 is 0 Å². The molecule has 8 heteroatoms. The van der Waals surface area contributed by atoms with Gasteiger partial charge in [0, 0.05) is 10.9 Å². The van der Waals surface area contributed by atoms with Crippen LogP contribution in [0.15, 0.2) is 60.0 Å². The first-order valence-electron chi connectivity index (χ1n) is 10.4. The topological polar surface area (TPSA) is 80.9 Å². The summed E-state index contributed by atoms with van der Waals surface area (Å²) in [4.78, 5) is 34.0. The van der Waals surface area contributed by atoms with Crippen molar-refractivity contribution < 1.29 is 23.9 Å². The van der Waals surface area contributed by atoms with Gasteiger partial charge in [0.05, 0.1) is 32.2 Å². The third-order valence-electron chi connectivity index (χ3n) is 5.19. The number of hydrogen-bond donors (Lipinski definition) is 1. The molecular weight excluding hydrogens is 440 g/mol. The molecule has 0 aliphatic rings. The molecule has 2 aromatic heterocycles. The summed E-state index contributed by atoms with van der Waals surface area (Å²) in [5.41, 5.74) is 4.06. The summed E-state index contributed by atoms with van der Waals surface area (Å²) in [5.74, 6) is 0.165. The van der Waals surface area contributed by atoms with Crippen LogP contribution in [0.2, 0.25) is 0 Å². The van der Waals surface area contributed by atoms with Gasteiger partial charge in [-0.15, -0.1) is 11.3 Å². The third kappa shape index (κ3) is 4.92. The largest absolute Gasteiger partial charge is 0.497 e. The molecule has 4 rings (SSSR count). The summed E-state index contributed by atoms with van der Waals surface area (Å²) in [6.07, 6.45) is 0. The molecule has 2 aromatic carbocycles. The van der Waals surface area contributed by atoms with Gasteiger partial charge in [-0.25, -0.2) is 9.86 Å². The number of nitrogens with zero attached hydrogens (tertiary/aromatic N) is 1. The number of carbonyl (C=O) groups is 2. The predicted molar refractivity (Wildman–Crippen MR) is 127 cm³/mol. The van der Waals surface area contributed by atoms with Crippen LogP contribution in [-0.2, 0) is 16.1 Å². The minimum Gasteiger partial charge on any atom is -0.497 e. The first kappa shape index (κ1) is 22.6. The maximum Gasteiger partial charge on any atom is 0.354 e. The zero-order valence-electron chi connectivity index (χ0n) is 18.6. The van der Waals surface area contributed by atoms with Gasteiger partial charge < -0.3 is 14.5 Å². The normalized spacial score (nSPS) is 10.9. The summed E-state index contributed by atoms with van der Waals surface area (Å²) >= 11 is 1.36. The summed E-state index contributed by atoms with van der Waals surface area (Å²) in [6.45, 7) is 2.41. The van der Waals surface area contributed by atoms with E-state index in [0.29, 0.717) is 23.7 Å². The number of benzene rings is 2. The highest BCUT2D eigenvalue weighted by Gasteiger charge is 2.19. The maximum absolute atomic E-state index is 13.0. The quantitative estimate of drug-likeness (QED) is 0.283. The Morgan fingerprint density at radius 1 is 1.00 bits per heavy atom. The van der Waals surface area contributed by atoms with E-state index in [4.69, 9.17) is 14.3 Å². The highest BCUT2D eigenvalue weighted by Crippen LogP contribution is 2.30. The molecule has 33 heavy (non-hydrogen) atoms. The van der Waals surface area contributed by atoms with Gasteiger partial charge in [0.1, 0.15) is 11.4 Å². The molecule has 0 aliphatic heterocycles. The van der Waals surface area contributed by atoms with Crippen LogP contribution >= 0.6 is 11.3 Å². The van der Waals surface area contributed by atoms with Gasteiger partial charge in [0.2, 0.25) is 0 Å². The molecule has 1 amide bonds. The van der Waals surface area contributed by atoms with Crippen molar-refractivity contribution in [1.29, 1.82) is 0 Å². The van der Waals surface area contributed by atoms with Crippen LogP contribution in [0, 0.1) is 0 Å². The van der Waals surface area contributed by atoms with Crippen LogP contribution in [0.3, 0.4) is 0 Å². The van der Waals surface area contributed by atoms with Crippen LogP contribution in [0.4, 0.5) is 0 Å². The lowest BCUT2D eigenvalue weighted by atomic mass is 10.1. The number of aromatic nitrogens is 1. The fraction of sp³-hybridized carbons (Fsp3) is 0.200. The summed E-state index contributed by atoms with van der Waals surface area (Å²) in [6, 6.07) is 17.0. The number of fused-ring (bicyclic) bond motifs is 1. The Kier molecular flexibility index (Phi) is 6.76. The summed E-state index contributed by atoms with van der Waals surface area (Å²) in [5, 5.41) is 4.17. The van der Waals surface area contributed by atoms with Gasteiger partial charge in [-0.05, 0) is 65.4 Å². The van der Waals surface area contributed by atoms with Crippen molar-refractivity contribution in [3.05, 3.63) is 76.1 Å². The summed E-state index contributed by atoms with van der Waals surface area (Å²) < 4.78 is 10.2. The Labute approximate surface area is 195 Å². The number of aromatic amines is 1. The molecule has 0 atom stereocenters. The Morgan fingerprint density at radius 2 is 1.79 bits per heavy atom. The SMILES string of the molecule is CCOC(=O)c1cc2cc(-c3csc(C(=O)N(Cc4ccc(OC)cc4)OC)c3)ccc2[nH]1. The van der Waals surface area contributed by atoms with E-state index in [-0.39, 0.29) is 11.9 Å². The number of H-pyrrole nitrogens is 1. The first-order valence-corrected chi connectivity index (χ1v) is 11.3. The van der Waals surface area contributed by atoms with Gasteiger partial charge in [-0.1, -0.05) is 18.2 Å². The first-order chi connectivity index (χ1) is 16.0. The fourth-order valence-electron chi connectivity index (χ4n) is 3.47. The Bertz CT molecular complexity index is 1280. The van der Waals surface area contributed by atoms with Crippen molar-refractivity contribution in [2.75, 3.05) is 20.8 Å². The number of carbonyl (C=O) groups excluding carboxylic acids is 2. The van der Waals surface area contributed by atoms with Crippen molar-refractivity contribution in [3.8, 4) is 16.9 Å². The zero-order chi connectivity index (χ0) is 23.4. The Hall–Kier alpha value is -3.62. The second kappa shape index (κ2) is 9.89. The number of nitrogens with one attached hydrogen (secondary N) is 1. The van der Waals surface area contributed by atoms with Gasteiger partial charge in [-0.2, -0.15) is 0 Å². The predicted octanol–water partition coefficient (Wildman–Crippen LogP) is 5.29. The van der Waals surface area contributed by atoms with Crippen LogP contribution < -0.4 is 4.74 Å². The van der Waals surface area contributed by atoms with Crippen molar-refractivity contribution in [1.82, 2.24) is 10.0 Å². The van der Waals surface area contributed by atoms with Crippen LogP contribution in [0.1, 0.15) is 32.6 Å². The highest BCUT2D eigenvalue weighted by atomic mass is 32.1. The van der Waals surface area contributed by atoms with E-state index in [1.54, 1.807) is 20.1 Å². The number of rotatable bonds is 8. The second-order valence-corrected chi connectivity index (χ2v) is 8.19. The lowest BCUT2D eigenvalue weighted by Crippen LogP contribution is -2.28. The molecule has 2 heterocycles. The molecule has 0 spiro atoms. The monoisotopic (exact) mass is 464 g/mol. The lowest BCUT2D eigenvalue weighted by molar-refractivity contribution is -0.101. The molecule has 0 aliphatic carbocycles. The Morgan fingerprint density at radius 3 is 2.48 bits per heavy atom. The number of hydroxylamine groups is 2. The molecule has 170 valence electrons. The lowest BCUT2D eigenvalue weighted by Gasteiger charge is -2.19. The maximum atomic E-state index is 13.0. The number of esters is 1. The van der Waals surface area contributed by atoms with E-state index >= 15 is 0 Å². The number of thiophene rings is 1. The second-order valence-electron chi connectivity index (χ2n) is 7.28. The molecule has 0 saturated heterocycles. The fourth-order valence-corrected chi connectivity index (χ4v) is 4.33. The highest BCUT2D eigenvalue weighted by molar-refractivity contribution is 7.12. The molecule has 0 radical (unpaired) electrons. The van der Waals surface area contributed by atoms with E-state index in [0.717, 1.165) is 33.3 Å². The van der Waals surface area contributed by atoms with Crippen molar-refractivity contribution in [3.63, 3.8) is 0 Å². The number of amides is 1.